The van der Waals surface area contributed by atoms with Gasteiger partial charge in [-0.05, 0) is 59.8 Å². The molecule has 2 aromatic carbocycles. The molecule has 1 aromatic heterocycles. The number of phenolic OH excluding ortho intramolecular Hbond substituents is 2. The van der Waals surface area contributed by atoms with Gasteiger partial charge in [0.1, 0.15) is 16.5 Å². The van der Waals surface area contributed by atoms with Crippen molar-refractivity contribution in [2.75, 3.05) is 11.9 Å². The Hall–Kier alpha value is -3.32. The molecule has 0 unspecified atom stereocenters. The Morgan fingerprint density at radius 3 is 2.67 bits per heavy atom. The average molecular weight is 381 g/mol. The third-order valence-electron chi connectivity index (χ3n) is 3.81. The quantitative estimate of drug-likeness (QED) is 0.284. The van der Waals surface area contributed by atoms with Gasteiger partial charge in [-0.1, -0.05) is 12.1 Å². The van der Waals surface area contributed by atoms with Gasteiger partial charge in [0, 0.05) is 12.2 Å². The molecule has 0 aliphatic carbocycles. The number of anilines is 1. The van der Waals surface area contributed by atoms with Crippen molar-refractivity contribution in [3.05, 3.63) is 71.1 Å². The van der Waals surface area contributed by atoms with Gasteiger partial charge in [0.25, 0.3) is 5.91 Å². The molecule has 138 valence electrons. The van der Waals surface area contributed by atoms with E-state index in [-0.39, 0.29) is 17.1 Å². The second kappa shape index (κ2) is 8.86. The van der Waals surface area contributed by atoms with Crippen molar-refractivity contribution in [1.82, 2.24) is 5.32 Å². The molecule has 0 saturated heterocycles. The fourth-order valence-corrected chi connectivity index (χ4v) is 2.97. The molecular formula is C20H19N3O3S. The Bertz CT molecular complexity index is 922. The molecule has 0 bridgehead atoms. The number of benzene rings is 2. The Morgan fingerprint density at radius 1 is 1.11 bits per heavy atom. The molecule has 3 rings (SSSR count). The standard InChI is InChI=1S/C20H19N3O3S/c24-16-7-8-18(25)17(12-16)20(26)21-10-9-14-3-5-15(6-4-14)22-13-23-19-2-1-11-27-19/h1-8,11-13,24-25H,9-10H2,(H,21,26)(H,22,23). The molecule has 0 saturated carbocycles. The third-order valence-corrected chi connectivity index (χ3v) is 4.58. The molecule has 0 aliphatic heterocycles. The van der Waals surface area contributed by atoms with Crippen molar-refractivity contribution >= 4 is 34.3 Å². The highest BCUT2D eigenvalue weighted by Gasteiger charge is 2.11. The molecule has 0 radical (unpaired) electrons. The van der Waals surface area contributed by atoms with E-state index in [1.165, 1.54) is 18.2 Å². The number of aliphatic imine (C=N–C) groups is 1. The first-order valence-electron chi connectivity index (χ1n) is 8.33. The van der Waals surface area contributed by atoms with Crippen molar-refractivity contribution in [1.29, 1.82) is 0 Å². The van der Waals surface area contributed by atoms with Crippen LogP contribution in [0.25, 0.3) is 0 Å². The smallest absolute Gasteiger partial charge is 0.255 e. The SMILES string of the molecule is O=C(NCCc1ccc(NC=Nc2cccs2)cc1)c1cc(O)ccc1O. The lowest BCUT2D eigenvalue weighted by Gasteiger charge is -2.08. The van der Waals surface area contributed by atoms with Gasteiger partial charge in [-0.2, -0.15) is 0 Å². The van der Waals surface area contributed by atoms with E-state index in [4.69, 9.17) is 0 Å². The van der Waals surface area contributed by atoms with Gasteiger partial charge in [-0.15, -0.1) is 11.3 Å². The highest BCUT2D eigenvalue weighted by molar-refractivity contribution is 7.13. The normalized spacial score (nSPS) is 10.8. The van der Waals surface area contributed by atoms with E-state index in [2.05, 4.69) is 15.6 Å². The molecule has 7 heteroatoms. The minimum Gasteiger partial charge on any atom is -0.508 e. The average Bonchev–Trinajstić information content (AvgIpc) is 3.18. The van der Waals surface area contributed by atoms with E-state index in [9.17, 15) is 15.0 Å². The van der Waals surface area contributed by atoms with Crippen LogP contribution in [0.3, 0.4) is 0 Å². The summed E-state index contributed by atoms with van der Waals surface area (Å²) in [6.45, 7) is 0.417. The zero-order chi connectivity index (χ0) is 19.1. The number of rotatable bonds is 7. The Labute approximate surface area is 160 Å². The van der Waals surface area contributed by atoms with Crippen LogP contribution in [-0.2, 0) is 6.42 Å². The van der Waals surface area contributed by atoms with E-state index in [0.29, 0.717) is 13.0 Å². The summed E-state index contributed by atoms with van der Waals surface area (Å²) in [5.74, 6) is -0.653. The lowest BCUT2D eigenvalue weighted by atomic mass is 10.1. The molecule has 6 nitrogen and oxygen atoms in total. The second-order valence-electron chi connectivity index (χ2n) is 5.76. The van der Waals surface area contributed by atoms with Gasteiger partial charge >= 0.3 is 0 Å². The van der Waals surface area contributed by atoms with Crippen molar-refractivity contribution in [3.63, 3.8) is 0 Å². The van der Waals surface area contributed by atoms with E-state index in [1.807, 2.05) is 41.8 Å². The van der Waals surface area contributed by atoms with Crippen LogP contribution in [0.5, 0.6) is 11.5 Å². The Morgan fingerprint density at radius 2 is 1.93 bits per heavy atom. The fourth-order valence-electron chi connectivity index (χ4n) is 2.40. The van der Waals surface area contributed by atoms with Gasteiger partial charge in [0.05, 0.1) is 11.9 Å². The molecule has 0 fully saturated rings. The summed E-state index contributed by atoms with van der Waals surface area (Å²) < 4.78 is 0. The summed E-state index contributed by atoms with van der Waals surface area (Å²) in [5, 5.41) is 27.9. The lowest BCUT2D eigenvalue weighted by molar-refractivity contribution is 0.0951. The number of phenols is 2. The maximum Gasteiger partial charge on any atom is 0.255 e. The first-order valence-corrected chi connectivity index (χ1v) is 9.21. The monoisotopic (exact) mass is 381 g/mol. The Balaban J connectivity index is 1.47. The van der Waals surface area contributed by atoms with Crippen molar-refractivity contribution in [2.45, 2.75) is 6.42 Å². The van der Waals surface area contributed by atoms with E-state index in [1.54, 1.807) is 17.7 Å². The van der Waals surface area contributed by atoms with Crippen LogP contribution in [0.15, 0.2) is 65.0 Å². The van der Waals surface area contributed by atoms with Gasteiger partial charge in [0.15, 0.2) is 0 Å². The van der Waals surface area contributed by atoms with Crippen molar-refractivity contribution in [2.24, 2.45) is 4.99 Å². The largest absolute Gasteiger partial charge is 0.508 e. The van der Waals surface area contributed by atoms with Crippen LogP contribution in [-0.4, -0.2) is 29.0 Å². The number of amides is 1. The molecule has 27 heavy (non-hydrogen) atoms. The van der Waals surface area contributed by atoms with Crippen LogP contribution in [0, 0.1) is 0 Å². The van der Waals surface area contributed by atoms with E-state index in [0.717, 1.165) is 16.3 Å². The predicted octanol–water partition coefficient (Wildman–Crippen LogP) is 3.90. The molecule has 1 amide bonds. The number of hydrogen-bond acceptors (Lipinski definition) is 5. The van der Waals surface area contributed by atoms with Crippen LogP contribution < -0.4 is 10.6 Å². The molecular weight excluding hydrogens is 362 g/mol. The van der Waals surface area contributed by atoms with Gasteiger partial charge < -0.3 is 20.8 Å². The van der Waals surface area contributed by atoms with Crippen LogP contribution in [0.2, 0.25) is 0 Å². The maximum atomic E-state index is 12.1. The number of hydrogen-bond donors (Lipinski definition) is 4. The molecule has 0 spiro atoms. The zero-order valence-electron chi connectivity index (χ0n) is 14.4. The van der Waals surface area contributed by atoms with Crippen molar-refractivity contribution in [3.8, 4) is 11.5 Å². The van der Waals surface area contributed by atoms with Crippen LogP contribution in [0.4, 0.5) is 10.7 Å². The molecule has 0 aliphatic rings. The van der Waals surface area contributed by atoms with Crippen molar-refractivity contribution < 1.29 is 15.0 Å². The van der Waals surface area contributed by atoms with E-state index >= 15 is 0 Å². The summed E-state index contributed by atoms with van der Waals surface area (Å²) in [7, 11) is 0. The number of nitrogens with one attached hydrogen (secondary N) is 2. The summed E-state index contributed by atoms with van der Waals surface area (Å²) in [5.41, 5.74) is 2.04. The number of carbonyl (C=O) groups is 1. The highest BCUT2D eigenvalue weighted by Crippen LogP contribution is 2.22. The van der Waals surface area contributed by atoms with Gasteiger partial charge in [-0.25, -0.2) is 4.99 Å². The zero-order valence-corrected chi connectivity index (χ0v) is 15.2. The number of aromatic hydroxyl groups is 2. The molecule has 1 heterocycles. The minimum absolute atomic E-state index is 0.0552. The molecule has 4 N–H and O–H groups in total. The number of nitrogens with zero attached hydrogens (tertiary/aromatic N) is 1. The maximum absolute atomic E-state index is 12.1. The minimum atomic E-state index is -0.425. The second-order valence-corrected chi connectivity index (χ2v) is 6.68. The first kappa shape index (κ1) is 18.5. The Kier molecular flexibility index (Phi) is 6.06. The van der Waals surface area contributed by atoms with Crippen LogP contribution >= 0.6 is 11.3 Å². The topological polar surface area (TPSA) is 94.0 Å². The van der Waals surface area contributed by atoms with E-state index < -0.39 is 5.91 Å². The third kappa shape index (κ3) is 5.32. The first-order chi connectivity index (χ1) is 13.1. The van der Waals surface area contributed by atoms with Gasteiger partial charge in [0.2, 0.25) is 0 Å². The molecule has 0 atom stereocenters. The van der Waals surface area contributed by atoms with Crippen LogP contribution in [0.1, 0.15) is 15.9 Å². The van der Waals surface area contributed by atoms with Gasteiger partial charge in [-0.3, -0.25) is 4.79 Å². The lowest BCUT2D eigenvalue weighted by Crippen LogP contribution is -2.25. The fraction of sp³-hybridized carbons (Fsp3) is 0.100. The summed E-state index contributed by atoms with van der Waals surface area (Å²) in [6, 6.07) is 15.6. The summed E-state index contributed by atoms with van der Waals surface area (Å²) in [6.07, 6.45) is 2.30. The predicted molar refractivity (Wildman–Crippen MR) is 108 cm³/mol. The summed E-state index contributed by atoms with van der Waals surface area (Å²) >= 11 is 1.57. The molecule has 3 aromatic rings. The number of thiophene rings is 1. The summed E-state index contributed by atoms with van der Waals surface area (Å²) in [4.78, 5) is 16.4. The highest BCUT2D eigenvalue weighted by atomic mass is 32.1. The number of carbonyl (C=O) groups excluding carboxylic acids is 1.